The Morgan fingerprint density at radius 1 is 1.03 bits per heavy atom. The predicted molar refractivity (Wildman–Crippen MR) is 117 cm³/mol. The SMILES string of the molecule is COc1ccc(-c2cc(NC(=O)CNC(=O)c3ccccc3Cl)ccc2OC(F)F)cc1. The Labute approximate surface area is 188 Å². The molecule has 0 aliphatic carbocycles. The second kappa shape index (κ2) is 10.6. The van der Waals surface area contributed by atoms with Crippen molar-refractivity contribution in [3.05, 3.63) is 77.3 Å². The number of methoxy groups -OCH3 is 1. The van der Waals surface area contributed by atoms with Crippen LogP contribution in [-0.2, 0) is 4.79 Å². The first-order valence-corrected chi connectivity index (χ1v) is 9.81. The molecule has 32 heavy (non-hydrogen) atoms. The van der Waals surface area contributed by atoms with E-state index in [2.05, 4.69) is 15.4 Å². The van der Waals surface area contributed by atoms with Crippen molar-refractivity contribution in [2.75, 3.05) is 19.0 Å². The minimum absolute atomic E-state index is 0.0461. The molecule has 0 radical (unpaired) electrons. The van der Waals surface area contributed by atoms with Gasteiger partial charge < -0.3 is 20.1 Å². The molecule has 0 heterocycles. The Morgan fingerprint density at radius 3 is 2.41 bits per heavy atom. The van der Waals surface area contributed by atoms with E-state index >= 15 is 0 Å². The summed E-state index contributed by atoms with van der Waals surface area (Å²) in [5.74, 6) is -0.446. The number of benzene rings is 3. The van der Waals surface area contributed by atoms with Crippen molar-refractivity contribution >= 4 is 29.1 Å². The number of carbonyl (C=O) groups is 2. The third-order valence-corrected chi connectivity index (χ3v) is 4.74. The van der Waals surface area contributed by atoms with E-state index in [4.69, 9.17) is 16.3 Å². The number of nitrogens with one attached hydrogen (secondary N) is 2. The van der Waals surface area contributed by atoms with Gasteiger partial charge in [-0.15, -0.1) is 0 Å². The summed E-state index contributed by atoms with van der Waals surface area (Å²) in [7, 11) is 1.51. The Balaban J connectivity index is 1.73. The molecule has 0 saturated carbocycles. The minimum atomic E-state index is -3.01. The number of ether oxygens (including phenoxy) is 2. The van der Waals surface area contributed by atoms with Crippen molar-refractivity contribution in [1.82, 2.24) is 5.32 Å². The van der Waals surface area contributed by atoms with Crippen molar-refractivity contribution in [3.8, 4) is 22.6 Å². The number of hydrogen-bond acceptors (Lipinski definition) is 4. The molecule has 3 aromatic carbocycles. The first kappa shape index (κ1) is 23.0. The maximum absolute atomic E-state index is 12.8. The van der Waals surface area contributed by atoms with E-state index in [0.717, 1.165) is 0 Å². The molecule has 0 aliphatic rings. The first-order chi connectivity index (χ1) is 15.4. The second-order valence-electron chi connectivity index (χ2n) is 6.53. The molecule has 0 bridgehead atoms. The third-order valence-electron chi connectivity index (χ3n) is 4.41. The highest BCUT2D eigenvalue weighted by molar-refractivity contribution is 6.33. The molecule has 0 unspecified atom stereocenters. The van der Waals surface area contributed by atoms with Gasteiger partial charge in [0.15, 0.2) is 0 Å². The summed E-state index contributed by atoms with van der Waals surface area (Å²) in [6, 6.07) is 17.4. The molecular weight excluding hydrogens is 442 g/mol. The maximum atomic E-state index is 12.8. The summed E-state index contributed by atoms with van der Waals surface area (Å²) < 4.78 is 35.4. The summed E-state index contributed by atoms with van der Waals surface area (Å²) in [6.45, 7) is -3.32. The van der Waals surface area contributed by atoms with E-state index in [1.165, 1.54) is 25.3 Å². The predicted octanol–water partition coefficient (Wildman–Crippen LogP) is 4.99. The zero-order chi connectivity index (χ0) is 23.1. The van der Waals surface area contributed by atoms with Crippen LogP contribution in [0.3, 0.4) is 0 Å². The van der Waals surface area contributed by atoms with Crippen molar-refractivity contribution < 1.29 is 27.8 Å². The molecule has 0 aliphatic heterocycles. The maximum Gasteiger partial charge on any atom is 0.387 e. The van der Waals surface area contributed by atoms with Gasteiger partial charge in [0.2, 0.25) is 5.91 Å². The van der Waals surface area contributed by atoms with Crippen LogP contribution in [0.5, 0.6) is 11.5 Å². The quantitative estimate of drug-likeness (QED) is 0.496. The zero-order valence-electron chi connectivity index (χ0n) is 16.9. The fourth-order valence-corrected chi connectivity index (χ4v) is 3.13. The van der Waals surface area contributed by atoms with Gasteiger partial charge in [-0.05, 0) is 48.0 Å². The van der Waals surface area contributed by atoms with Gasteiger partial charge in [-0.1, -0.05) is 35.9 Å². The third kappa shape index (κ3) is 5.95. The number of halogens is 3. The van der Waals surface area contributed by atoms with Gasteiger partial charge >= 0.3 is 6.61 Å². The standard InChI is InChI=1S/C23H19ClF2N2O4/c1-31-16-9-6-14(7-10-16)18-12-15(8-11-20(18)32-23(25)26)28-21(29)13-27-22(30)17-4-2-3-5-19(17)24/h2-12,23H,13H2,1H3,(H,27,30)(H,28,29). The second-order valence-corrected chi connectivity index (χ2v) is 6.94. The van der Waals surface area contributed by atoms with E-state index < -0.39 is 18.4 Å². The van der Waals surface area contributed by atoms with Crippen LogP contribution in [0.4, 0.5) is 14.5 Å². The molecule has 2 N–H and O–H groups in total. The monoisotopic (exact) mass is 460 g/mol. The topological polar surface area (TPSA) is 76.7 Å². The molecule has 3 rings (SSSR count). The first-order valence-electron chi connectivity index (χ1n) is 9.43. The van der Waals surface area contributed by atoms with Crippen LogP contribution in [-0.4, -0.2) is 32.1 Å². The van der Waals surface area contributed by atoms with Gasteiger partial charge in [0, 0.05) is 11.3 Å². The van der Waals surface area contributed by atoms with Crippen molar-refractivity contribution in [3.63, 3.8) is 0 Å². The fraction of sp³-hybridized carbons (Fsp3) is 0.130. The molecule has 0 atom stereocenters. The highest BCUT2D eigenvalue weighted by Gasteiger charge is 2.15. The fourth-order valence-electron chi connectivity index (χ4n) is 2.91. The Kier molecular flexibility index (Phi) is 7.62. The number of alkyl halides is 2. The van der Waals surface area contributed by atoms with Gasteiger partial charge in [-0.2, -0.15) is 8.78 Å². The van der Waals surface area contributed by atoms with Crippen molar-refractivity contribution in [2.24, 2.45) is 0 Å². The van der Waals surface area contributed by atoms with Gasteiger partial charge in [0.05, 0.1) is 24.2 Å². The molecule has 0 aromatic heterocycles. The van der Waals surface area contributed by atoms with Crippen LogP contribution in [0.1, 0.15) is 10.4 Å². The van der Waals surface area contributed by atoms with Crippen molar-refractivity contribution in [2.45, 2.75) is 6.61 Å². The normalized spacial score (nSPS) is 10.5. The molecule has 6 nitrogen and oxygen atoms in total. The van der Waals surface area contributed by atoms with E-state index in [-0.39, 0.29) is 22.9 Å². The number of carbonyl (C=O) groups excluding carboxylic acids is 2. The van der Waals surface area contributed by atoms with Crippen LogP contribution in [0.2, 0.25) is 5.02 Å². The van der Waals surface area contributed by atoms with Gasteiger partial charge in [0.1, 0.15) is 11.5 Å². The largest absolute Gasteiger partial charge is 0.497 e. The lowest BCUT2D eigenvalue weighted by Gasteiger charge is -2.14. The van der Waals surface area contributed by atoms with Crippen LogP contribution >= 0.6 is 11.6 Å². The Hall–Kier alpha value is -3.65. The lowest BCUT2D eigenvalue weighted by molar-refractivity contribution is -0.115. The Morgan fingerprint density at radius 2 is 1.75 bits per heavy atom. The lowest BCUT2D eigenvalue weighted by atomic mass is 10.0. The van der Waals surface area contributed by atoms with Crippen LogP contribution in [0.15, 0.2) is 66.7 Å². The minimum Gasteiger partial charge on any atom is -0.497 e. The van der Waals surface area contributed by atoms with Crippen LogP contribution in [0.25, 0.3) is 11.1 Å². The molecule has 9 heteroatoms. The molecule has 3 aromatic rings. The summed E-state index contributed by atoms with van der Waals surface area (Å²) in [5.41, 5.74) is 1.53. The molecular formula is C23H19ClF2N2O4. The summed E-state index contributed by atoms with van der Waals surface area (Å²) in [6.07, 6.45) is 0. The highest BCUT2D eigenvalue weighted by atomic mass is 35.5. The average molecular weight is 461 g/mol. The summed E-state index contributed by atoms with van der Waals surface area (Å²) in [4.78, 5) is 24.5. The zero-order valence-corrected chi connectivity index (χ0v) is 17.7. The van der Waals surface area contributed by atoms with Gasteiger partial charge in [0.25, 0.3) is 5.91 Å². The van der Waals surface area contributed by atoms with Gasteiger partial charge in [-0.3, -0.25) is 9.59 Å². The average Bonchev–Trinajstić information content (AvgIpc) is 2.78. The van der Waals surface area contributed by atoms with Gasteiger partial charge in [-0.25, -0.2) is 0 Å². The number of hydrogen-bond donors (Lipinski definition) is 2. The molecule has 0 spiro atoms. The molecule has 0 saturated heterocycles. The van der Waals surface area contributed by atoms with Crippen LogP contribution in [0, 0.1) is 0 Å². The number of rotatable bonds is 8. The summed E-state index contributed by atoms with van der Waals surface area (Å²) >= 11 is 5.98. The molecule has 166 valence electrons. The summed E-state index contributed by atoms with van der Waals surface area (Å²) in [5, 5.41) is 5.37. The smallest absolute Gasteiger partial charge is 0.387 e. The van der Waals surface area contributed by atoms with E-state index in [1.807, 2.05) is 0 Å². The Bertz CT molecular complexity index is 1110. The van der Waals surface area contributed by atoms with Crippen molar-refractivity contribution in [1.29, 1.82) is 0 Å². The van der Waals surface area contributed by atoms with E-state index in [0.29, 0.717) is 22.6 Å². The number of amides is 2. The highest BCUT2D eigenvalue weighted by Crippen LogP contribution is 2.34. The van der Waals surface area contributed by atoms with E-state index in [9.17, 15) is 18.4 Å². The van der Waals surface area contributed by atoms with E-state index in [1.54, 1.807) is 48.5 Å². The molecule has 2 amide bonds. The molecule has 0 fully saturated rings. The number of anilines is 1. The lowest BCUT2D eigenvalue weighted by Crippen LogP contribution is -2.33. The van der Waals surface area contributed by atoms with Crippen LogP contribution < -0.4 is 20.1 Å².